The van der Waals surface area contributed by atoms with E-state index in [9.17, 15) is 9.90 Å². The van der Waals surface area contributed by atoms with Crippen molar-refractivity contribution >= 4 is 12.1 Å². The zero-order valence-electron chi connectivity index (χ0n) is 10.00. The summed E-state index contributed by atoms with van der Waals surface area (Å²) in [6.07, 6.45) is 1.29. The van der Waals surface area contributed by atoms with Gasteiger partial charge in [0.25, 0.3) is 0 Å². The van der Waals surface area contributed by atoms with Crippen molar-refractivity contribution in [3.05, 3.63) is 23.8 Å². The monoisotopic (exact) mass is 252 g/mol. The van der Waals surface area contributed by atoms with Crippen LogP contribution in [0.25, 0.3) is 0 Å². The Labute approximate surface area is 105 Å². The minimum absolute atomic E-state index is 0.0504. The van der Waals surface area contributed by atoms with Gasteiger partial charge in [0.2, 0.25) is 5.91 Å². The quantitative estimate of drug-likeness (QED) is 0.458. The van der Waals surface area contributed by atoms with Crippen molar-refractivity contribution in [1.29, 1.82) is 0 Å². The van der Waals surface area contributed by atoms with E-state index in [-0.39, 0.29) is 23.8 Å². The predicted molar refractivity (Wildman–Crippen MR) is 66.4 cm³/mol. The number of aromatic hydroxyl groups is 2. The van der Waals surface area contributed by atoms with Gasteiger partial charge in [-0.2, -0.15) is 5.10 Å². The van der Waals surface area contributed by atoms with Crippen molar-refractivity contribution in [2.75, 3.05) is 0 Å². The van der Waals surface area contributed by atoms with Crippen LogP contribution in [0, 0.1) is 0 Å². The number of phenolic OH excluding ortho intramolecular Hbond substituents is 2. The first-order valence-electron chi connectivity index (χ1n) is 5.51. The highest BCUT2D eigenvalue weighted by Gasteiger charge is 2.03. The number of aliphatic hydroxyl groups is 1. The van der Waals surface area contributed by atoms with Gasteiger partial charge < -0.3 is 15.3 Å². The number of hydrogen-bond acceptors (Lipinski definition) is 5. The fourth-order valence-corrected chi connectivity index (χ4v) is 1.21. The van der Waals surface area contributed by atoms with Crippen LogP contribution in [0.15, 0.2) is 23.3 Å². The molecule has 0 spiro atoms. The fraction of sp³-hybridized carbons (Fsp3) is 0.333. The second-order valence-corrected chi connectivity index (χ2v) is 3.92. The lowest BCUT2D eigenvalue weighted by molar-refractivity contribution is -0.121. The molecule has 0 aliphatic heterocycles. The summed E-state index contributed by atoms with van der Waals surface area (Å²) < 4.78 is 0. The van der Waals surface area contributed by atoms with Crippen LogP contribution in [0.1, 0.15) is 25.3 Å². The van der Waals surface area contributed by atoms with E-state index in [0.717, 1.165) is 0 Å². The summed E-state index contributed by atoms with van der Waals surface area (Å²) >= 11 is 0. The number of nitrogens with zero attached hydrogens (tertiary/aromatic N) is 1. The second kappa shape index (κ2) is 6.61. The standard InChI is InChI=1S/C12H16N2O4/c1-8(15)2-5-12(18)14-13-7-9-3-4-10(16)6-11(9)17/h3-4,6-8,15-17H,2,5H2,1H3,(H,14,18). The first-order valence-corrected chi connectivity index (χ1v) is 5.51. The SMILES string of the molecule is CC(O)CCC(=O)NN=Cc1ccc(O)cc1O. The average molecular weight is 252 g/mol. The number of benzene rings is 1. The maximum atomic E-state index is 11.2. The summed E-state index contributed by atoms with van der Waals surface area (Å²) in [6.45, 7) is 1.60. The molecule has 0 fully saturated rings. The normalized spacial score (nSPS) is 12.6. The van der Waals surface area contributed by atoms with Gasteiger partial charge in [-0.1, -0.05) is 0 Å². The number of carbonyl (C=O) groups is 1. The van der Waals surface area contributed by atoms with Gasteiger partial charge in [-0.25, -0.2) is 5.43 Å². The van der Waals surface area contributed by atoms with Crippen LogP contribution in [0.5, 0.6) is 11.5 Å². The molecule has 18 heavy (non-hydrogen) atoms. The van der Waals surface area contributed by atoms with Crippen molar-refractivity contribution in [2.45, 2.75) is 25.9 Å². The molecule has 0 aliphatic rings. The van der Waals surface area contributed by atoms with E-state index >= 15 is 0 Å². The Morgan fingerprint density at radius 1 is 1.50 bits per heavy atom. The molecule has 0 saturated heterocycles. The molecule has 4 N–H and O–H groups in total. The molecule has 1 aromatic rings. The molecule has 1 unspecified atom stereocenters. The van der Waals surface area contributed by atoms with Crippen molar-refractivity contribution < 1.29 is 20.1 Å². The highest BCUT2D eigenvalue weighted by atomic mass is 16.3. The number of aliphatic hydroxyl groups excluding tert-OH is 1. The van der Waals surface area contributed by atoms with Crippen LogP contribution in [-0.4, -0.2) is 33.5 Å². The highest BCUT2D eigenvalue weighted by molar-refractivity contribution is 5.85. The molecule has 0 heterocycles. The summed E-state index contributed by atoms with van der Waals surface area (Å²) in [4.78, 5) is 11.2. The topological polar surface area (TPSA) is 102 Å². The molecule has 1 atom stereocenters. The predicted octanol–water partition coefficient (Wildman–Crippen LogP) is 0.709. The molecular weight excluding hydrogens is 236 g/mol. The molecule has 0 aliphatic carbocycles. The van der Waals surface area contributed by atoms with Gasteiger partial charge in [-0.05, 0) is 25.5 Å². The van der Waals surface area contributed by atoms with E-state index in [2.05, 4.69) is 10.5 Å². The van der Waals surface area contributed by atoms with Gasteiger partial charge in [0.1, 0.15) is 11.5 Å². The summed E-state index contributed by atoms with van der Waals surface area (Å²) in [5, 5.41) is 31.2. The Hall–Kier alpha value is -2.08. The van der Waals surface area contributed by atoms with Crippen LogP contribution in [0.4, 0.5) is 0 Å². The second-order valence-electron chi connectivity index (χ2n) is 3.92. The Morgan fingerprint density at radius 2 is 2.22 bits per heavy atom. The maximum Gasteiger partial charge on any atom is 0.240 e. The van der Waals surface area contributed by atoms with Crippen LogP contribution in [0.2, 0.25) is 0 Å². The van der Waals surface area contributed by atoms with Crippen LogP contribution >= 0.6 is 0 Å². The molecule has 0 saturated carbocycles. The third kappa shape index (κ3) is 4.84. The van der Waals surface area contributed by atoms with Crippen LogP contribution in [0.3, 0.4) is 0 Å². The Morgan fingerprint density at radius 3 is 2.83 bits per heavy atom. The van der Waals surface area contributed by atoms with Gasteiger partial charge in [0, 0.05) is 18.1 Å². The molecule has 1 amide bonds. The lowest BCUT2D eigenvalue weighted by Gasteiger charge is -2.02. The smallest absolute Gasteiger partial charge is 0.240 e. The third-order valence-electron chi connectivity index (χ3n) is 2.20. The summed E-state index contributed by atoms with van der Waals surface area (Å²) in [5.41, 5.74) is 2.65. The number of nitrogens with one attached hydrogen (secondary N) is 1. The molecule has 1 aromatic carbocycles. The van der Waals surface area contributed by atoms with Gasteiger partial charge in [-0.15, -0.1) is 0 Å². The number of rotatable bonds is 5. The first-order chi connectivity index (χ1) is 8.49. The maximum absolute atomic E-state index is 11.2. The van der Waals surface area contributed by atoms with E-state index in [1.807, 2.05) is 0 Å². The van der Waals surface area contributed by atoms with Crippen molar-refractivity contribution in [1.82, 2.24) is 5.43 Å². The molecule has 6 nitrogen and oxygen atoms in total. The zero-order chi connectivity index (χ0) is 13.5. The van der Waals surface area contributed by atoms with Crippen LogP contribution < -0.4 is 5.43 Å². The minimum Gasteiger partial charge on any atom is -0.508 e. The van der Waals surface area contributed by atoms with Crippen molar-refractivity contribution in [3.8, 4) is 11.5 Å². The van der Waals surface area contributed by atoms with E-state index in [1.54, 1.807) is 6.92 Å². The first kappa shape index (κ1) is 14.0. The largest absolute Gasteiger partial charge is 0.508 e. The lowest BCUT2D eigenvalue weighted by Crippen LogP contribution is -2.18. The number of hydrogen-bond donors (Lipinski definition) is 4. The summed E-state index contributed by atoms with van der Waals surface area (Å²) in [6, 6.07) is 4.04. The number of hydrazone groups is 1. The summed E-state index contributed by atoms with van der Waals surface area (Å²) in [5.74, 6) is -0.493. The minimum atomic E-state index is -0.527. The average Bonchev–Trinajstić information content (AvgIpc) is 2.29. The molecule has 6 heteroatoms. The zero-order valence-corrected chi connectivity index (χ0v) is 10.00. The Balaban J connectivity index is 2.47. The van der Waals surface area contributed by atoms with E-state index < -0.39 is 6.10 Å². The molecule has 0 radical (unpaired) electrons. The number of carbonyl (C=O) groups excluding carboxylic acids is 1. The molecule has 0 aromatic heterocycles. The third-order valence-corrected chi connectivity index (χ3v) is 2.20. The Kier molecular flexibility index (Phi) is 5.13. The molecule has 0 bridgehead atoms. The molecule has 1 rings (SSSR count). The van der Waals surface area contributed by atoms with Gasteiger partial charge in [0.15, 0.2) is 0 Å². The van der Waals surface area contributed by atoms with E-state index in [1.165, 1.54) is 24.4 Å². The van der Waals surface area contributed by atoms with E-state index in [4.69, 9.17) is 10.2 Å². The van der Waals surface area contributed by atoms with Crippen LogP contribution in [-0.2, 0) is 4.79 Å². The van der Waals surface area contributed by atoms with E-state index in [0.29, 0.717) is 12.0 Å². The van der Waals surface area contributed by atoms with Crippen molar-refractivity contribution in [2.24, 2.45) is 5.10 Å². The fourth-order valence-electron chi connectivity index (χ4n) is 1.21. The van der Waals surface area contributed by atoms with Gasteiger partial charge in [-0.3, -0.25) is 4.79 Å². The highest BCUT2D eigenvalue weighted by Crippen LogP contribution is 2.20. The van der Waals surface area contributed by atoms with Crippen molar-refractivity contribution in [3.63, 3.8) is 0 Å². The molecule has 98 valence electrons. The number of phenols is 2. The lowest BCUT2D eigenvalue weighted by atomic mass is 10.2. The summed E-state index contributed by atoms with van der Waals surface area (Å²) in [7, 11) is 0. The van der Waals surface area contributed by atoms with Gasteiger partial charge in [0.05, 0.1) is 12.3 Å². The number of amides is 1. The molecular formula is C12H16N2O4. The van der Waals surface area contributed by atoms with Gasteiger partial charge >= 0.3 is 0 Å². The Bertz CT molecular complexity index is 444.